The summed E-state index contributed by atoms with van der Waals surface area (Å²) in [4.78, 5) is 2.53. The van der Waals surface area contributed by atoms with Crippen LogP contribution in [0.25, 0.3) is 5.70 Å². The summed E-state index contributed by atoms with van der Waals surface area (Å²) in [5, 5.41) is 2.34. The normalized spacial score (nSPS) is 21.5. The molecule has 0 aromatic heterocycles. The first-order valence-corrected chi connectivity index (χ1v) is 11.7. The van der Waals surface area contributed by atoms with Crippen molar-refractivity contribution in [3.05, 3.63) is 102 Å². The summed E-state index contributed by atoms with van der Waals surface area (Å²) in [6.45, 7) is 2.93. The Bertz CT molecular complexity index is 1150. The largest absolute Gasteiger partial charge is 0.493 e. The number of ether oxygens (including phenoxy) is 2. The van der Waals surface area contributed by atoms with E-state index < -0.39 is 5.72 Å². The van der Waals surface area contributed by atoms with Gasteiger partial charge in [0.2, 0.25) is 0 Å². The van der Waals surface area contributed by atoms with Crippen molar-refractivity contribution in [3.63, 3.8) is 0 Å². The number of rotatable bonds is 4. The summed E-state index contributed by atoms with van der Waals surface area (Å²) in [5.74, 6) is 1.69. The number of para-hydroxylation sites is 1. The van der Waals surface area contributed by atoms with Gasteiger partial charge in [0.05, 0.1) is 18.8 Å². The maximum atomic E-state index is 6.86. The quantitative estimate of drug-likeness (QED) is 0.620. The number of benzene rings is 3. The lowest BCUT2D eigenvalue weighted by Gasteiger charge is -2.52. The predicted molar refractivity (Wildman–Crippen MR) is 129 cm³/mol. The minimum Gasteiger partial charge on any atom is -0.493 e. The summed E-state index contributed by atoms with van der Waals surface area (Å²) in [7, 11) is 1.72. The molecule has 3 heterocycles. The molecule has 6 rings (SSSR count). The molecule has 0 amide bonds. The second-order valence-electron chi connectivity index (χ2n) is 9.06. The average Bonchev–Trinajstić information content (AvgIpc) is 3.34. The standard InChI is InChI=1S/C28H29N3O2/c1-32-26-14-8-13-23-25-19-24(22-11-6-3-7-12-22)29-31(25)28(33-27(23)26)15-17-30(18-16-28)20-21-9-4-2-5-10-21/h2-14,19,25,29H,15-18,20H2,1H3. The second-order valence-corrected chi connectivity index (χ2v) is 9.06. The molecular weight excluding hydrogens is 410 g/mol. The molecule has 1 N–H and O–H groups in total. The molecule has 3 aliphatic rings. The third-order valence-electron chi connectivity index (χ3n) is 7.09. The van der Waals surface area contributed by atoms with Crippen molar-refractivity contribution in [1.29, 1.82) is 0 Å². The van der Waals surface area contributed by atoms with E-state index in [4.69, 9.17) is 9.47 Å². The summed E-state index contributed by atoms with van der Waals surface area (Å²) in [5.41, 5.74) is 8.12. The van der Waals surface area contributed by atoms with Gasteiger partial charge in [-0.1, -0.05) is 72.8 Å². The monoisotopic (exact) mass is 439 g/mol. The lowest BCUT2D eigenvalue weighted by Crippen LogP contribution is -2.63. The minimum absolute atomic E-state index is 0.0970. The van der Waals surface area contributed by atoms with Crippen molar-refractivity contribution in [2.24, 2.45) is 0 Å². The number of piperidine rings is 1. The SMILES string of the molecule is COc1cccc2c1OC1(CCN(Cc3ccccc3)CC1)N1NC(c3ccccc3)=CC21. The molecule has 1 fully saturated rings. The van der Waals surface area contributed by atoms with Gasteiger partial charge in [-0.15, -0.1) is 0 Å². The molecule has 1 saturated heterocycles. The van der Waals surface area contributed by atoms with Crippen LogP contribution < -0.4 is 14.9 Å². The van der Waals surface area contributed by atoms with Crippen LogP contribution in [-0.4, -0.2) is 35.8 Å². The van der Waals surface area contributed by atoms with Gasteiger partial charge in [-0.2, -0.15) is 5.01 Å². The maximum Gasteiger partial charge on any atom is 0.183 e. The Morgan fingerprint density at radius 2 is 1.67 bits per heavy atom. The molecule has 1 spiro atoms. The van der Waals surface area contributed by atoms with E-state index in [1.165, 1.54) is 11.1 Å². The number of likely N-dealkylation sites (tertiary alicyclic amines) is 1. The highest BCUT2D eigenvalue weighted by Crippen LogP contribution is 2.51. The third kappa shape index (κ3) is 3.58. The van der Waals surface area contributed by atoms with Crippen LogP contribution >= 0.6 is 0 Å². The van der Waals surface area contributed by atoms with Crippen LogP contribution in [0.2, 0.25) is 0 Å². The number of hydrazine groups is 1. The number of nitrogens with one attached hydrogen (secondary N) is 1. The molecule has 1 unspecified atom stereocenters. The lowest BCUT2D eigenvalue weighted by atomic mass is 9.92. The minimum atomic E-state index is -0.424. The molecule has 168 valence electrons. The topological polar surface area (TPSA) is 37.0 Å². The van der Waals surface area contributed by atoms with Crippen molar-refractivity contribution in [3.8, 4) is 11.5 Å². The second kappa shape index (κ2) is 8.25. The Hall–Kier alpha value is -3.28. The van der Waals surface area contributed by atoms with Crippen molar-refractivity contribution in [2.45, 2.75) is 31.2 Å². The van der Waals surface area contributed by atoms with E-state index in [9.17, 15) is 0 Å². The molecule has 0 saturated carbocycles. The van der Waals surface area contributed by atoms with Crippen LogP contribution in [-0.2, 0) is 6.54 Å². The molecule has 5 nitrogen and oxygen atoms in total. The van der Waals surface area contributed by atoms with E-state index >= 15 is 0 Å². The zero-order valence-corrected chi connectivity index (χ0v) is 18.9. The first kappa shape index (κ1) is 20.3. The van der Waals surface area contributed by atoms with E-state index in [1.807, 2.05) is 12.1 Å². The number of fused-ring (bicyclic) bond motifs is 4. The van der Waals surface area contributed by atoms with Gasteiger partial charge in [0.15, 0.2) is 17.2 Å². The Balaban J connectivity index is 1.32. The highest BCUT2D eigenvalue weighted by molar-refractivity contribution is 5.68. The van der Waals surface area contributed by atoms with Gasteiger partial charge in [0, 0.05) is 38.0 Å². The number of hydrogen-bond acceptors (Lipinski definition) is 5. The van der Waals surface area contributed by atoms with Gasteiger partial charge in [-0.3, -0.25) is 4.90 Å². The highest BCUT2D eigenvalue weighted by Gasteiger charge is 2.52. The summed E-state index contributed by atoms with van der Waals surface area (Å²) in [6.07, 6.45) is 4.15. The van der Waals surface area contributed by atoms with Gasteiger partial charge in [-0.05, 0) is 23.3 Å². The Morgan fingerprint density at radius 3 is 2.39 bits per heavy atom. The van der Waals surface area contributed by atoms with Crippen LogP contribution in [0, 0.1) is 0 Å². The van der Waals surface area contributed by atoms with Crippen molar-refractivity contribution >= 4 is 5.70 Å². The molecule has 3 aromatic carbocycles. The Labute approximate surface area is 195 Å². The van der Waals surface area contributed by atoms with Crippen LogP contribution in [0.3, 0.4) is 0 Å². The summed E-state index contributed by atoms with van der Waals surface area (Å²) >= 11 is 0. The number of nitrogens with zero attached hydrogens (tertiary/aromatic N) is 2. The third-order valence-corrected chi connectivity index (χ3v) is 7.09. The zero-order valence-electron chi connectivity index (χ0n) is 18.9. The van der Waals surface area contributed by atoms with Crippen LogP contribution in [0.1, 0.15) is 35.6 Å². The van der Waals surface area contributed by atoms with Gasteiger partial charge < -0.3 is 14.9 Å². The summed E-state index contributed by atoms with van der Waals surface area (Å²) < 4.78 is 12.6. The van der Waals surface area contributed by atoms with Gasteiger partial charge in [0.25, 0.3) is 0 Å². The maximum absolute atomic E-state index is 6.86. The average molecular weight is 440 g/mol. The smallest absolute Gasteiger partial charge is 0.183 e. The fourth-order valence-electron chi connectivity index (χ4n) is 5.35. The molecule has 5 heteroatoms. The Morgan fingerprint density at radius 1 is 0.939 bits per heavy atom. The lowest BCUT2D eigenvalue weighted by molar-refractivity contribution is -0.161. The Kier molecular flexibility index (Phi) is 5.08. The molecule has 33 heavy (non-hydrogen) atoms. The predicted octanol–water partition coefficient (Wildman–Crippen LogP) is 4.98. The van der Waals surface area contributed by atoms with Crippen LogP contribution in [0.5, 0.6) is 11.5 Å². The fraction of sp³-hybridized carbons (Fsp3) is 0.286. The van der Waals surface area contributed by atoms with E-state index in [-0.39, 0.29) is 6.04 Å². The van der Waals surface area contributed by atoms with Crippen molar-refractivity contribution in [1.82, 2.24) is 15.3 Å². The molecule has 3 aliphatic heterocycles. The van der Waals surface area contributed by atoms with Crippen LogP contribution in [0.4, 0.5) is 0 Å². The van der Waals surface area contributed by atoms with Crippen molar-refractivity contribution < 1.29 is 9.47 Å². The van der Waals surface area contributed by atoms with Crippen molar-refractivity contribution in [2.75, 3.05) is 20.2 Å². The van der Waals surface area contributed by atoms with Gasteiger partial charge >= 0.3 is 0 Å². The first-order chi connectivity index (χ1) is 16.3. The molecule has 0 bridgehead atoms. The zero-order chi connectivity index (χ0) is 22.3. The van der Waals surface area contributed by atoms with Gasteiger partial charge in [-0.25, -0.2) is 0 Å². The number of hydrogen-bond donors (Lipinski definition) is 1. The van der Waals surface area contributed by atoms with Gasteiger partial charge in [0.1, 0.15) is 0 Å². The fourth-order valence-corrected chi connectivity index (χ4v) is 5.35. The molecule has 0 radical (unpaired) electrons. The molecule has 1 atom stereocenters. The molecule has 3 aromatic rings. The van der Waals surface area contributed by atoms with E-state index in [2.05, 4.69) is 88.1 Å². The first-order valence-electron chi connectivity index (χ1n) is 11.7. The van der Waals surface area contributed by atoms with E-state index in [1.54, 1.807) is 7.11 Å². The van der Waals surface area contributed by atoms with Crippen LogP contribution in [0.15, 0.2) is 84.9 Å². The number of methoxy groups -OCH3 is 1. The van der Waals surface area contributed by atoms with E-state index in [0.29, 0.717) is 0 Å². The molecular formula is C28H29N3O2. The summed E-state index contributed by atoms with van der Waals surface area (Å²) in [6, 6.07) is 27.5. The molecule has 0 aliphatic carbocycles. The highest BCUT2D eigenvalue weighted by atomic mass is 16.5. The van der Waals surface area contributed by atoms with E-state index in [0.717, 1.165) is 55.2 Å².